The molecule has 0 saturated carbocycles. The van der Waals surface area contributed by atoms with Crippen molar-refractivity contribution in [1.29, 1.82) is 0 Å². The molecule has 1 aliphatic rings. The van der Waals surface area contributed by atoms with Gasteiger partial charge in [-0.2, -0.15) is 0 Å². The largest absolute Gasteiger partial charge is 0.479 e. The van der Waals surface area contributed by atoms with Crippen LogP contribution >= 0.6 is 0 Å². The van der Waals surface area contributed by atoms with E-state index in [-0.39, 0.29) is 5.69 Å². The average Bonchev–Trinajstić information content (AvgIpc) is 2.84. The molecule has 1 atom stereocenters. The number of rotatable bonds is 5. The first-order chi connectivity index (χ1) is 9.51. The first-order valence-electron chi connectivity index (χ1n) is 6.66. The van der Waals surface area contributed by atoms with Gasteiger partial charge < -0.3 is 15.7 Å². The highest BCUT2D eigenvalue weighted by molar-refractivity contribution is 5.90. The summed E-state index contributed by atoms with van der Waals surface area (Å²) in [6.45, 7) is 2.58. The number of hydrogen-bond donors (Lipinski definition) is 2. The fourth-order valence-electron chi connectivity index (χ4n) is 2.82. The summed E-state index contributed by atoms with van der Waals surface area (Å²) < 4.78 is 0. The normalized spacial score (nSPS) is 21.9. The molecule has 1 unspecified atom stereocenters. The van der Waals surface area contributed by atoms with Crippen LogP contribution in [0.2, 0.25) is 0 Å². The van der Waals surface area contributed by atoms with Crippen LogP contribution in [0.4, 0.5) is 5.82 Å². The Kier molecular flexibility index (Phi) is 3.87. The zero-order valence-corrected chi connectivity index (χ0v) is 11.4. The average molecular weight is 278 g/mol. The number of hydrogen-bond acceptors (Lipinski definition) is 5. The molecule has 3 N–H and O–H groups in total. The highest BCUT2D eigenvalue weighted by Crippen LogP contribution is 2.36. The quantitative estimate of drug-likeness (QED) is 0.824. The number of aromatic nitrogens is 2. The molecule has 2 heterocycles. The maximum atomic E-state index is 11.7. The molecular weight excluding hydrogens is 260 g/mol. The van der Waals surface area contributed by atoms with E-state index in [1.807, 2.05) is 6.92 Å². The van der Waals surface area contributed by atoms with Gasteiger partial charge in [0.15, 0.2) is 11.5 Å². The Morgan fingerprint density at radius 1 is 1.45 bits per heavy atom. The lowest BCUT2D eigenvalue weighted by Crippen LogP contribution is -2.51. The number of anilines is 1. The summed E-state index contributed by atoms with van der Waals surface area (Å²) in [5.41, 5.74) is 4.27. The lowest BCUT2D eigenvalue weighted by atomic mass is 9.90. The van der Waals surface area contributed by atoms with Gasteiger partial charge in [0.1, 0.15) is 5.54 Å². The minimum atomic E-state index is -0.919. The predicted octanol–water partition coefficient (Wildman–Crippen LogP) is 0.799. The van der Waals surface area contributed by atoms with Crippen molar-refractivity contribution in [3.63, 3.8) is 0 Å². The van der Waals surface area contributed by atoms with Crippen molar-refractivity contribution in [2.45, 2.75) is 38.1 Å². The Labute approximate surface area is 116 Å². The minimum absolute atomic E-state index is 0.0735. The predicted molar refractivity (Wildman–Crippen MR) is 72.4 cm³/mol. The van der Waals surface area contributed by atoms with Gasteiger partial charge >= 0.3 is 5.97 Å². The molecule has 2 rings (SSSR count). The van der Waals surface area contributed by atoms with Gasteiger partial charge in [0.05, 0.1) is 0 Å². The Morgan fingerprint density at radius 3 is 2.70 bits per heavy atom. The van der Waals surface area contributed by atoms with E-state index < -0.39 is 17.4 Å². The van der Waals surface area contributed by atoms with Gasteiger partial charge in [-0.15, -0.1) is 10.2 Å². The summed E-state index contributed by atoms with van der Waals surface area (Å²) in [5.74, 6) is -1.01. The molecule has 0 aliphatic carbocycles. The zero-order chi connectivity index (χ0) is 14.8. The lowest BCUT2D eigenvalue weighted by molar-refractivity contribution is -0.143. The van der Waals surface area contributed by atoms with Gasteiger partial charge in [-0.05, 0) is 31.4 Å². The molecule has 0 radical (unpaired) electrons. The first-order valence-corrected chi connectivity index (χ1v) is 6.66. The number of primary amides is 1. The van der Waals surface area contributed by atoms with Crippen molar-refractivity contribution < 1.29 is 14.7 Å². The second-order valence-electron chi connectivity index (χ2n) is 4.98. The molecule has 1 amide bonds. The van der Waals surface area contributed by atoms with Crippen molar-refractivity contribution in [2.24, 2.45) is 5.73 Å². The molecule has 1 fully saturated rings. The fraction of sp³-hybridized carbons (Fsp3) is 0.538. The molecule has 1 aromatic rings. The molecule has 20 heavy (non-hydrogen) atoms. The van der Waals surface area contributed by atoms with Crippen LogP contribution in [0.5, 0.6) is 0 Å². The van der Waals surface area contributed by atoms with E-state index in [0.29, 0.717) is 25.2 Å². The Bertz CT molecular complexity index is 517. The third-order valence-electron chi connectivity index (χ3n) is 3.73. The molecule has 1 aromatic heterocycles. The van der Waals surface area contributed by atoms with Crippen LogP contribution in [0.3, 0.4) is 0 Å². The third kappa shape index (κ3) is 2.31. The van der Waals surface area contributed by atoms with Crippen LogP contribution in [-0.2, 0) is 4.79 Å². The Morgan fingerprint density at radius 2 is 2.20 bits per heavy atom. The zero-order valence-electron chi connectivity index (χ0n) is 11.4. The summed E-state index contributed by atoms with van der Waals surface area (Å²) in [4.78, 5) is 24.5. The Balaban J connectivity index is 2.34. The van der Waals surface area contributed by atoms with Crippen molar-refractivity contribution in [3.8, 4) is 0 Å². The van der Waals surface area contributed by atoms with Crippen molar-refractivity contribution in [3.05, 3.63) is 17.8 Å². The third-order valence-corrected chi connectivity index (χ3v) is 3.73. The lowest BCUT2D eigenvalue weighted by Gasteiger charge is -2.35. The maximum absolute atomic E-state index is 11.7. The number of nitrogens with two attached hydrogens (primary N) is 1. The van der Waals surface area contributed by atoms with Gasteiger partial charge in [-0.25, -0.2) is 4.79 Å². The SMILES string of the molecule is CCCC1(C(=O)O)CCCN1c1ccc(C(N)=O)nn1. The van der Waals surface area contributed by atoms with Crippen molar-refractivity contribution in [1.82, 2.24) is 10.2 Å². The van der Waals surface area contributed by atoms with E-state index in [1.165, 1.54) is 6.07 Å². The van der Waals surface area contributed by atoms with Gasteiger partial charge in [0, 0.05) is 6.54 Å². The molecule has 0 spiro atoms. The van der Waals surface area contributed by atoms with Crippen LogP contribution < -0.4 is 10.6 Å². The monoisotopic (exact) mass is 278 g/mol. The van der Waals surface area contributed by atoms with Crippen molar-refractivity contribution >= 4 is 17.7 Å². The van der Waals surface area contributed by atoms with Crippen LogP contribution in [0.15, 0.2) is 12.1 Å². The standard InChI is InChI=1S/C13H18N4O3/c1-2-6-13(12(19)20)7-3-8-17(13)10-5-4-9(11(14)18)15-16-10/h4-5H,2-3,6-8H2,1H3,(H2,14,18)(H,19,20). The maximum Gasteiger partial charge on any atom is 0.329 e. The van der Waals surface area contributed by atoms with E-state index in [1.54, 1.807) is 11.0 Å². The molecule has 0 aromatic carbocycles. The van der Waals surface area contributed by atoms with Gasteiger partial charge in [-0.1, -0.05) is 13.3 Å². The smallest absolute Gasteiger partial charge is 0.329 e. The van der Waals surface area contributed by atoms with E-state index in [4.69, 9.17) is 5.73 Å². The van der Waals surface area contributed by atoms with Gasteiger partial charge in [-0.3, -0.25) is 4.79 Å². The van der Waals surface area contributed by atoms with Gasteiger partial charge in [0.2, 0.25) is 0 Å². The van der Waals surface area contributed by atoms with Crippen LogP contribution in [0.25, 0.3) is 0 Å². The summed E-state index contributed by atoms with van der Waals surface area (Å²) in [6, 6.07) is 3.08. The van der Waals surface area contributed by atoms with E-state index in [9.17, 15) is 14.7 Å². The molecule has 0 bridgehead atoms. The molecule has 1 aliphatic heterocycles. The number of aliphatic carboxylic acids is 1. The highest BCUT2D eigenvalue weighted by Gasteiger charge is 2.47. The van der Waals surface area contributed by atoms with E-state index >= 15 is 0 Å². The summed E-state index contributed by atoms with van der Waals surface area (Å²) >= 11 is 0. The number of nitrogens with zero attached hydrogens (tertiary/aromatic N) is 3. The highest BCUT2D eigenvalue weighted by atomic mass is 16.4. The molecule has 7 nitrogen and oxygen atoms in total. The van der Waals surface area contributed by atoms with Crippen LogP contribution in [-0.4, -0.2) is 39.3 Å². The second kappa shape index (κ2) is 5.44. The summed E-state index contributed by atoms with van der Waals surface area (Å²) in [6.07, 6.45) is 2.72. The molecular formula is C13H18N4O3. The molecule has 7 heteroatoms. The first kappa shape index (κ1) is 14.2. The van der Waals surface area contributed by atoms with Crippen LogP contribution in [0.1, 0.15) is 43.1 Å². The van der Waals surface area contributed by atoms with E-state index in [2.05, 4.69) is 10.2 Å². The second-order valence-corrected chi connectivity index (χ2v) is 4.98. The number of carbonyl (C=O) groups is 2. The number of carboxylic acid groups (broad SMARTS) is 1. The number of carbonyl (C=O) groups excluding carboxylic acids is 1. The minimum Gasteiger partial charge on any atom is -0.479 e. The van der Waals surface area contributed by atoms with E-state index in [0.717, 1.165) is 12.8 Å². The number of carboxylic acids is 1. The summed E-state index contributed by atoms with van der Waals surface area (Å²) in [7, 11) is 0. The number of amides is 1. The molecule has 108 valence electrons. The van der Waals surface area contributed by atoms with Crippen molar-refractivity contribution in [2.75, 3.05) is 11.4 Å². The molecule has 1 saturated heterocycles. The van der Waals surface area contributed by atoms with Crippen LogP contribution in [0, 0.1) is 0 Å². The summed E-state index contributed by atoms with van der Waals surface area (Å²) in [5, 5.41) is 17.3. The topological polar surface area (TPSA) is 109 Å². The van der Waals surface area contributed by atoms with Gasteiger partial charge in [0.25, 0.3) is 5.91 Å². The Hall–Kier alpha value is -2.18. The fourth-order valence-corrected chi connectivity index (χ4v) is 2.82.